The molecule has 0 bridgehead atoms. The van der Waals surface area contributed by atoms with Gasteiger partial charge < -0.3 is 5.32 Å². The van der Waals surface area contributed by atoms with Crippen LogP contribution in [0, 0.1) is 5.41 Å². The molecule has 0 saturated heterocycles. The summed E-state index contributed by atoms with van der Waals surface area (Å²) in [5, 5.41) is 2.60. The first-order chi connectivity index (χ1) is 6.35. The molecule has 0 aromatic heterocycles. The summed E-state index contributed by atoms with van der Waals surface area (Å²) in [6, 6.07) is -0.467. The molecular formula is C10H19NO2S. The van der Waals surface area contributed by atoms with Crippen molar-refractivity contribution in [3.63, 3.8) is 0 Å². The Hall–Kier alpha value is -0.510. The van der Waals surface area contributed by atoms with Crippen LogP contribution in [0.1, 0.15) is 34.1 Å². The zero-order chi connectivity index (χ0) is 11.4. The molecule has 0 aromatic carbocycles. The van der Waals surface area contributed by atoms with Gasteiger partial charge in [0.25, 0.3) is 0 Å². The molecule has 82 valence electrons. The Morgan fingerprint density at radius 1 is 1.43 bits per heavy atom. The molecule has 0 aliphatic carbocycles. The molecule has 0 aromatic rings. The highest BCUT2D eigenvalue weighted by Crippen LogP contribution is 2.22. The van der Waals surface area contributed by atoms with Crippen LogP contribution in [0.15, 0.2) is 0 Å². The minimum atomic E-state index is -0.467. The Kier molecular flexibility index (Phi) is 5.19. The van der Waals surface area contributed by atoms with Crippen LogP contribution in [0.4, 0.5) is 0 Å². The summed E-state index contributed by atoms with van der Waals surface area (Å²) >= 11 is 4.06. The third-order valence-electron chi connectivity index (χ3n) is 2.43. The Balaban J connectivity index is 4.54. The molecule has 0 unspecified atom stereocenters. The second-order valence-electron chi connectivity index (χ2n) is 4.04. The van der Waals surface area contributed by atoms with Crippen molar-refractivity contribution in [1.82, 2.24) is 5.32 Å². The zero-order valence-corrected chi connectivity index (χ0v) is 10.1. The minimum Gasteiger partial charge on any atom is -0.346 e. The van der Waals surface area contributed by atoms with E-state index in [4.69, 9.17) is 0 Å². The summed E-state index contributed by atoms with van der Waals surface area (Å²) in [6.07, 6.45) is 0.760. The minimum absolute atomic E-state index is 0.0465. The molecule has 0 aliphatic rings. The molecule has 0 rings (SSSR count). The van der Waals surface area contributed by atoms with E-state index in [1.165, 1.54) is 6.92 Å². The number of thiol groups is 1. The van der Waals surface area contributed by atoms with E-state index in [9.17, 15) is 9.59 Å². The fourth-order valence-electron chi connectivity index (χ4n) is 1.09. The zero-order valence-electron chi connectivity index (χ0n) is 9.26. The SMILES string of the molecule is CCC(C)(C)C(=O)[C@H](CS)NC(C)=O. The average Bonchev–Trinajstić information content (AvgIpc) is 2.12. The van der Waals surface area contributed by atoms with Crippen molar-refractivity contribution in [2.24, 2.45) is 5.41 Å². The van der Waals surface area contributed by atoms with Gasteiger partial charge in [-0.2, -0.15) is 12.6 Å². The Bertz CT molecular complexity index is 226. The molecular weight excluding hydrogens is 198 g/mol. The Labute approximate surface area is 91.1 Å². The van der Waals surface area contributed by atoms with E-state index in [0.717, 1.165) is 6.42 Å². The van der Waals surface area contributed by atoms with Crippen molar-refractivity contribution in [3.8, 4) is 0 Å². The van der Waals surface area contributed by atoms with E-state index in [1.54, 1.807) is 0 Å². The Morgan fingerprint density at radius 3 is 2.21 bits per heavy atom. The molecule has 0 saturated carbocycles. The van der Waals surface area contributed by atoms with E-state index < -0.39 is 11.5 Å². The predicted octanol–water partition coefficient (Wildman–Crippen LogP) is 1.43. The molecule has 1 N–H and O–H groups in total. The number of carbonyl (C=O) groups is 2. The number of rotatable bonds is 5. The van der Waals surface area contributed by atoms with E-state index in [2.05, 4.69) is 17.9 Å². The highest BCUT2D eigenvalue weighted by atomic mass is 32.1. The lowest BCUT2D eigenvalue weighted by molar-refractivity contribution is -0.132. The summed E-state index contributed by atoms with van der Waals surface area (Å²) in [5.41, 5.74) is -0.393. The molecule has 0 aliphatic heterocycles. The van der Waals surface area contributed by atoms with Crippen molar-refractivity contribution in [1.29, 1.82) is 0 Å². The lowest BCUT2D eigenvalue weighted by Crippen LogP contribution is -2.46. The van der Waals surface area contributed by atoms with E-state index in [1.807, 2.05) is 20.8 Å². The van der Waals surface area contributed by atoms with Crippen LogP contribution in [0.3, 0.4) is 0 Å². The summed E-state index contributed by atoms with van der Waals surface area (Å²) in [7, 11) is 0. The number of ketones is 1. The highest BCUT2D eigenvalue weighted by Gasteiger charge is 2.31. The molecule has 4 heteroatoms. The summed E-state index contributed by atoms with van der Waals surface area (Å²) in [4.78, 5) is 22.7. The lowest BCUT2D eigenvalue weighted by Gasteiger charge is -2.26. The van der Waals surface area contributed by atoms with Gasteiger partial charge in [0.1, 0.15) is 0 Å². The van der Waals surface area contributed by atoms with Crippen LogP contribution in [0.25, 0.3) is 0 Å². The van der Waals surface area contributed by atoms with Crippen LogP contribution in [0.5, 0.6) is 0 Å². The van der Waals surface area contributed by atoms with Gasteiger partial charge in [0, 0.05) is 18.1 Å². The summed E-state index contributed by atoms with van der Waals surface area (Å²) in [5.74, 6) is 0.205. The third-order valence-corrected chi connectivity index (χ3v) is 2.79. The number of nitrogens with one attached hydrogen (secondary N) is 1. The van der Waals surface area contributed by atoms with Crippen LogP contribution >= 0.6 is 12.6 Å². The van der Waals surface area contributed by atoms with Crippen LogP contribution in [-0.4, -0.2) is 23.5 Å². The van der Waals surface area contributed by atoms with Crippen molar-refractivity contribution in [3.05, 3.63) is 0 Å². The Morgan fingerprint density at radius 2 is 1.93 bits per heavy atom. The van der Waals surface area contributed by atoms with E-state index in [0.29, 0.717) is 5.75 Å². The van der Waals surface area contributed by atoms with Gasteiger partial charge >= 0.3 is 0 Å². The molecule has 0 spiro atoms. The van der Waals surface area contributed by atoms with Crippen LogP contribution in [-0.2, 0) is 9.59 Å². The van der Waals surface area contributed by atoms with Crippen molar-refractivity contribution in [2.45, 2.75) is 40.2 Å². The monoisotopic (exact) mass is 217 g/mol. The van der Waals surface area contributed by atoms with Crippen LogP contribution < -0.4 is 5.32 Å². The number of carbonyl (C=O) groups excluding carboxylic acids is 2. The topological polar surface area (TPSA) is 46.2 Å². The van der Waals surface area contributed by atoms with Gasteiger partial charge in [-0.25, -0.2) is 0 Å². The number of Topliss-reactive ketones (excluding diaryl/α,β-unsaturated/α-hetero) is 1. The summed E-state index contributed by atoms with van der Waals surface area (Å²) < 4.78 is 0. The molecule has 3 nitrogen and oxygen atoms in total. The quantitative estimate of drug-likeness (QED) is 0.684. The maximum Gasteiger partial charge on any atom is 0.217 e. The van der Waals surface area contributed by atoms with Gasteiger partial charge in [-0.1, -0.05) is 20.8 Å². The fourth-order valence-corrected chi connectivity index (χ4v) is 1.34. The normalized spacial score (nSPS) is 13.5. The van der Waals surface area contributed by atoms with E-state index >= 15 is 0 Å². The van der Waals surface area contributed by atoms with Crippen molar-refractivity contribution < 1.29 is 9.59 Å². The summed E-state index contributed by atoms with van der Waals surface area (Å²) in [6.45, 7) is 7.13. The molecule has 0 heterocycles. The molecule has 0 fully saturated rings. The number of hydrogen-bond donors (Lipinski definition) is 2. The highest BCUT2D eigenvalue weighted by molar-refractivity contribution is 7.80. The smallest absolute Gasteiger partial charge is 0.217 e. The second kappa shape index (κ2) is 5.39. The molecule has 1 atom stereocenters. The standard InChI is InChI=1S/C10H19NO2S/c1-5-10(3,4)9(13)8(6-14)11-7(2)12/h8,14H,5-6H2,1-4H3,(H,11,12)/t8-/m0/s1. The van der Waals surface area contributed by atoms with Crippen molar-refractivity contribution >= 4 is 24.3 Å². The average molecular weight is 217 g/mol. The van der Waals surface area contributed by atoms with Gasteiger partial charge in [-0.15, -0.1) is 0 Å². The van der Waals surface area contributed by atoms with Crippen LogP contribution in [0.2, 0.25) is 0 Å². The molecule has 14 heavy (non-hydrogen) atoms. The molecule has 1 amide bonds. The fraction of sp³-hybridized carbons (Fsp3) is 0.800. The first-order valence-electron chi connectivity index (χ1n) is 4.77. The van der Waals surface area contributed by atoms with Crippen molar-refractivity contribution in [2.75, 3.05) is 5.75 Å². The molecule has 0 radical (unpaired) electrons. The third kappa shape index (κ3) is 3.70. The van der Waals surface area contributed by atoms with Gasteiger partial charge in [-0.3, -0.25) is 9.59 Å². The lowest BCUT2D eigenvalue weighted by atomic mass is 9.82. The maximum atomic E-state index is 11.9. The van der Waals surface area contributed by atoms with Gasteiger partial charge in [0.15, 0.2) is 5.78 Å². The van der Waals surface area contributed by atoms with Gasteiger partial charge in [0.05, 0.1) is 6.04 Å². The number of amides is 1. The van der Waals surface area contributed by atoms with Gasteiger partial charge in [-0.05, 0) is 6.42 Å². The predicted molar refractivity (Wildman–Crippen MR) is 60.5 cm³/mol. The first kappa shape index (κ1) is 13.5. The maximum absolute atomic E-state index is 11.9. The van der Waals surface area contributed by atoms with E-state index in [-0.39, 0.29) is 11.7 Å². The number of hydrogen-bond acceptors (Lipinski definition) is 3. The van der Waals surface area contributed by atoms with Gasteiger partial charge in [0.2, 0.25) is 5.91 Å². The first-order valence-corrected chi connectivity index (χ1v) is 5.40. The second-order valence-corrected chi connectivity index (χ2v) is 4.40. The largest absolute Gasteiger partial charge is 0.346 e.